The molecule has 14 bridgehead atoms. The topological polar surface area (TPSA) is 581 Å². The lowest BCUT2D eigenvalue weighted by Gasteiger charge is -2.50. The fraction of sp³-hybridized carbons (Fsp3) is 0.913. The molecular formula is C46H70N2O34S2. The van der Waals surface area contributed by atoms with Crippen molar-refractivity contribution in [2.75, 3.05) is 45.4 Å². The maximum absolute atomic E-state index is 11.7. The van der Waals surface area contributed by atoms with Gasteiger partial charge in [-0.1, -0.05) is 0 Å². The molecule has 0 aromatic carbocycles. The maximum atomic E-state index is 11.7. The van der Waals surface area contributed by atoms with Gasteiger partial charge in [0, 0.05) is 5.75 Å². The van der Waals surface area contributed by atoms with Gasteiger partial charge in [0.1, 0.15) is 187 Å². The molecule has 21 rings (SSSR count). The van der Waals surface area contributed by atoms with Crippen molar-refractivity contribution >= 4 is 24.4 Å². The van der Waals surface area contributed by atoms with Gasteiger partial charge < -0.3 is 168 Å². The predicted octanol–water partition coefficient (Wildman–Crippen LogP) is -13.3. The van der Waals surface area contributed by atoms with Gasteiger partial charge in [-0.3, -0.25) is 0 Å². The SMILES string of the molecule is N#C/C(S)=C(\C#N)SC[C@H]1O[C@@H]2O[C@H]3[C@H](O)[C@@H](O)[C@@H](O[C@H]4[C@H](O)[C@@H](O)[C@@H](O[C@H]5[C@H](O)[C@@H](O)[C@@H](O[C@H]6[C@H](O)[C@@H](O)[C@@H](O[C@H]7[C@H](O)[C@@H](O)[C@@H](O[C@H]8[C@H](O)[C@@H](O)[C@@H](O[C@H]1[C@H](O)[C@H]2O)O[C@@H]8CO)O[C@@H]7CO)O[C@@H]6CO)O[C@@H]5CO)O[C@@H]4CO)O[C@@H]3CO. The Morgan fingerprint density at radius 1 is 0.286 bits per heavy atom. The molecule has 21 aliphatic rings. The average Bonchev–Trinajstić information content (AvgIpc) is 2.07. The van der Waals surface area contributed by atoms with Crippen LogP contribution in [0.25, 0.3) is 0 Å². The molecule has 84 heavy (non-hydrogen) atoms. The van der Waals surface area contributed by atoms with E-state index in [4.69, 9.17) is 66.3 Å². The Morgan fingerprint density at radius 3 is 0.631 bits per heavy atom. The Morgan fingerprint density at radius 2 is 0.464 bits per heavy atom. The molecular weight excluding hydrogens is 1190 g/mol. The van der Waals surface area contributed by atoms with Gasteiger partial charge in [0.15, 0.2) is 44.0 Å². The van der Waals surface area contributed by atoms with Crippen molar-refractivity contribution in [3.8, 4) is 12.1 Å². The van der Waals surface area contributed by atoms with Crippen LogP contribution in [0.5, 0.6) is 0 Å². The number of hydrogen-bond donors (Lipinski definition) is 21. The quantitative estimate of drug-likeness (QED) is 0.0753. The van der Waals surface area contributed by atoms with E-state index < -0.39 is 260 Å². The van der Waals surface area contributed by atoms with Crippen molar-refractivity contribution in [2.45, 2.75) is 215 Å². The molecule has 0 aromatic rings. The number of nitriles is 2. The molecule has 20 N–H and O–H groups in total. The highest BCUT2D eigenvalue weighted by molar-refractivity contribution is 8.04. The molecule has 21 fully saturated rings. The summed E-state index contributed by atoms with van der Waals surface area (Å²) in [5.74, 6) is -0.510. The molecule has 38 heteroatoms. The third kappa shape index (κ3) is 13.7. The van der Waals surface area contributed by atoms with Crippen LogP contribution in [0.2, 0.25) is 0 Å². The third-order valence-corrected chi connectivity index (χ3v) is 17.0. The van der Waals surface area contributed by atoms with E-state index in [0.29, 0.717) is 11.8 Å². The molecule has 21 heterocycles. The van der Waals surface area contributed by atoms with E-state index in [0.717, 1.165) is 0 Å². The van der Waals surface area contributed by atoms with E-state index in [9.17, 15) is 113 Å². The lowest BCUT2D eigenvalue weighted by Crippen LogP contribution is -2.68. The monoisotopic (exact) mass is 1260 g/mol. The third-order valence-electron chi connectivity index (χ3n) is 15.4. The minimum Gasteiger partial charge on any atom is -0.394 e. The van der Waals surface area contributed by atoms with E-state index >= 15 is 0 Å². The molecule has 0 radical (unpaired) electrons. The van der Waals surface area contributed by atoms with E-state index in [1.807, 2.05) is 0 Å². The fourth-order valence-corrected chi connectivity index (χ4v) is 11.9. The Bertz CT molecular complexity index is 2230. The zero-order chi connectivity index (χ0) is 61.3. The normalized spacial score (nSPS) is 51.9. The first kappa shape index (κ1) is 68.0. The number of aliphatic hydroxyl groups excluding tert-OH is 20. The molecule has 0 unspecified atom stereocenters. The highest BCUT2D eigenvalue weighted by Gasteiger charge is 2.59. The van der Waals surface area contributed by atoms with E-state index in [-0.39, 0.29) is 9.81 Å². The number of thioether (sulfide) groups is 1. The van der Waals surface area contributed by atoms with Crippen LogP contribution in [0.4, 0.5) is 0 Å². The summed E-state index contributed by atoms with van der Waals surface area (Å²) in [6.45, 7) is -6.43. The van der Waals surface area contributed by atoms with Crippen LogP contribution < -0.4 is 0 Å². The van der Waals surface area contributed by atoms with E-state index in [1.165, 1.54) is 0 Å². The summed E-state index contributed by atoms with van der Waals surface area (Å²) in [6, 6.07) is 3.41. The van der Waals surface area contributed by atoms with Crippen LogP contribution in [-0.4, -0.2) is 362 Å². The molecule has 0 spiro atoms. The van der Waals surface area contributed by atoms with Crippen molar-refractivity contribution in [3.05, 3.63) is 9.81 Å². The van der Waals surface area contributed by atoms with E-state index in [1.54, 1.807) is 12.1 Å². The minimum absolute atomic E-state index is 0.309. The first-order valence-corrected chi connectivity index (χ1v) is 27.6. The van der Waals surface area contributed by atoms with Gasteiger partial charge in [0.25, 0.3) is 0 Å². The van der Waals surface area contributed by atoms with Gasteiger partial charge in [0.2, 0.25) is 0 Å². The Labute approximate surface area is 484 Å². The van der Waals surface area contributed by atoms with Crippen LogP contribution in [0.3, 0.4) is 0 Å². The molecule has 35 atom stereocenters. The standard InChI is InChI=1S/C46H70N2O34S2/c47-1-17(83)18(2-48)84-9-16-39-25(61)32(68)46(75-16)81-38-15(8-54)73-44(30(66)23(38)59)79-36-13(6-52)71-42(28(64)21(36)57)77-34-11(4-50)69-40(26(62)19(34)55)76-33-10(3-49)70-41(27(63)20(33)56)78-35-12(5-51)72-43(29(65)22(35)58)80-37-14(7-53)74-45(82-39)31(67)24(37)60/h10-16,19-46,49-68,83H,3-9H2/b18-17-/t10-,11-,12-,13-,14-,15-,16-,19-,20-,21-,22-,23-,24-,25-,26-,27-,28-,29-,30-,31-,32-,33-,34-,35-,36-,37-,38-,39-,40-,41-,42-,43-,44-,45-,46-/m1/s1. The van der Waals surface area contributed by atoms with Gasteiger partial charge >= 0.3 is 0 Å². The summed E-state index contributed by atoms with van der Waals surface area (Å²) in [5, 5.41) is 242. The number of thiol groups is 1. The summed E-state index contributed by atoms with van der Waals surface area (Å²) in [6.07, 6.45) is -71.3. The number of rotatable bonds is 9. The average molecular weight is 1260 g/mol. The van der Waals surface area contributed by atoms with Gasteiger partial charge in [-0.2, -0.15) is 10.5 Å². The van der Waals surface area contributed by atoms with Gasteiger partial charge in [-0.25, -0.2) is 0 Å². The summed E-state index contributed by atoms with van der Waals surface area (Å²) in [7, 11) is 0. The summed E-state index contributed by atoms with van der Waals surface area (Å²) in [4.78, 5) is -0.690. The number of allylic oxidation sites excluding steroid dienone is 2. The van der Waals surface area contributed by atoms with Crippen LogP contribution in [0.1, 0.15) is 0 Å². The molecule has 21 aliphatic heterocycles. The van der Waals surface area contributed by atoms with Crippen molar-refractivity contribution in [1.29, 1.82) is 10.5 Å². The largest absolute Gasteiger partial charge is 0.394 e. The number of nitrogens with zero attached hydrogens (tertiary/aromatic N) is 2. The predicted molar refractivity (Wildman–Crippen MR) is 261 cm³/mol. The highest BCUT2D eigenvalue weighted by atomic mass is 32.2. The number of hydrogen-bond acceptors (Lipinski definition) is 38. The Balaban J connectivity index is 1.11. The molecule has 0 aliphatic carbocycles. The lowest BCUT2D eigenvalue weighted by molar-refractivity contribution is -0.396. The maximum Gasteiger partial charge on any atom is 0.187 e. The van der Waals surface area contributed by atoms with Crippen molar-refractivity contribution in [1.82, 2.24) is 0 Å². The highest BCUT2D eigenvalue weighted by Crippen LogP contribution is 2.40. The van der Waals surface area contributed by atoms with E-state index in [2.05, 4.69) is 12.6 Å². The first-order chi connectivity index (χ1) is 40.0. The van der Waals surface area contributed by atoms with Crippen molar-refractivity contribution in [2.24, 2.45) is 0 Å². The molecule has 0 amide bonds. The van der Waals surface area contributed by atoms with Crippen LogP contribution >= 0.6 is 24.4 Å². The van der Waals surface area contributed by atoms with Crippen LogP contribution in [0.15, 0.2) is 9.81 Å². The van der Waals surface area contributed by atoms with Crippen molar-refractivity contribution < 1.29 is 168 Å². The van der Waals surface area contributed by atoms with Crippen LogP contribution in [0, 0.1) is 22.7 Å². The molecule has 0 saturated carbocycles. The number of ether oxygens (including phenoxy) is 14. The zero-order valence-electron chi connectivity index (χ0n) is 43.6. The lowest BCUT2D eigenvalue weighted by atomic mass is 9.95. The zero-order valence-corrected chi connectivity index (χ0v) is 45.3. The molecule has 21 saturated heterocycles. The number of aliphatic hydroxyl groups is 20. The summed E-state index contributed by atoms with van der Waals surface area (Å²) < 4.78 is 80.6. The second-order valence-corrected chi connectivity index (χ2v) is 22.2. The second kappa shape index (κ2) is 29.3. The Hall–Kier alpha value is -1.94. The molecule has 36 nitrogen and oxygen atoms in total. The van der Waals surface area contributed by atoms with Gasteiger partial charge in [-0.15, -0.1) is 24.4 Å². The van der Waals surface area contributed by atoms with Gasteiger partial charge in [0.05, 0.1) is 45.7 Å². The second-order valence-electron chi connectivity index (χ2n) is 20.7. The minimum atomic E-state index is -2.26. The van der Waals surface area contributed by atoms with Gasteiger partial charge in [-0.05, 0) is 0 Å². The smallest absolute Gasteiger partial charge is 0.187 e. The van der Waals surface area contributed by atoms with Crippen molar-refractivity contribution in [3.63, 3.8) is 0 Å². The first-order valence-electron chi connectivity index (χ1n) is 26.2. The fourth-order valence-electron chi connectivity index (χ4n) is 10.8. The Kier molecular flexibility index (Phi) is 23.7. The molecule has 480 valence electrons. The van der Waals surface area contributed by atoms with Crippen LogP contribution in [-0.2, 0) is 66.3 Å². The summed E-state index contributed by atoms with van der Waals surface area (Å²) >= 11 is 4.58. The molecule has 0 aromatic heterocycles. The summed E-state index contributed by atoms with van der Waals surface area (Å²) in [5.41, 5.74) is 0.